The second kappa shape index (κ2) is 8.34. The van der Waals surface area contributed by atoms with Gasteiger partial charge in [0.05, 0.1) is 22.4 Å². The lowest BCUT2D eigenvalue weighted by molar-refractivity contribution is 0.102. The van der Waals surface area contributed by atoms with E-state index < -0.39 is 15.9 Å². The highest BCUT2D eigenvalue weighted by atomic mass is 35.5. The van der Waals surface area contributed by atoms with Gasteiger partial charge in [0.25, 0.3) is 5.91 Å². The number of para-hydroxylation sites is 1. The molecule has 1 aromatic heterocycles. The summed E-state index contributed by atoms with van der Waals surface area (Å²) in [6, 6.07) is 13.7. The standard InChI is InChI=1S/C22H22ClN3O3S/c1-15-5-4-10-26(14-15)30(28,29)21-12-17(8-9-19(21)23)22(27)25-18-11-16-6-2-3-7-20(16)24-13-18/h2-3,6-9,11-13,15H,4-5,10,14H2,1H3,(H,25,27). The molecule has 1 amide bonds. The highest BCUT2D eigenvalue weighted by molar-refractivity contribution is 7.89. The molecule has 156 valence electrons. The van der Waals surface area contributed by atoms with Gasteiger partial charge in [0.1, 0.15) is 4.90 Å². The van der Waals surface area contributed by atoms with Crippen molar-refractivity contribution in [3.8, 4) is 0 Å². The van der Waals surface area contributed by atoms with Crippen molar-refractivity contribution in [2.45, 2.75) is 24.7 Å². The molecule has 0 aliphatic carbocycles. The third kappa shape index (κ3) is 4.19. The molecule has 1 aliphatic heterocycles. The molecule has 0 radical (unpaired) electrons. The number of aromatic nitrogens is 1. The van der Waals surface area contributed by atoms with E-state index in [2.05, 4.69) is 10.3 Å². The molecule has 0 spiro atoms. The van der Waals surface area contributed by atoms with E-state index in [1.807, 2.05) is 37.3 Å². The Balaban J connectivity index is 1.61. The quantitative estimate of drug-likeness (QED) is 0.641. The molecular formula is C22H22ClN3O3S. The van der Waals surface area contributed by atoms with Gasteiger partial charge in [-0.25, -0.2) is 8.42 Å². The number of rotatable bonds is 4. The number of sulfonamides is 1. The Morgan fingerprint density at radius 3 is 2.80 bits per heavy atom. The van der Waals surface area contributed by atoms with Gasteiger partial charge in [0.15, 0.2) is 0 Å². The van der Waals surface area contributed by atoms with Crippen LogP contribution in [0.2, 0.25) is 5.02 Å². The summed E-state index contributed by atoms with van der Waals surface area (Å²) in [7, 11) is -3.77. The topological polar surface area (TPSA) is 79.4 Å². The molecule has 1 atom stereocenters. The van der Waals surface area contributed by atoms with Gasteiger partial charge in [0, 0.05) is 24.0 Å². The molecular weight excluding hydrogens is 422 g/mol. The van der Waals surface area contributed by atoms with Gasteiger partial charge in [-0.05, 0) is 49.1 Å². The molecule has 30 heavy (non-hydrogen) atoms. The summed E-state index contributed by atoms with van der Waals surface area (Å²) in [5.41, 5.74) is 1.57. The first kappa shape index (κ1) is 20.8. The summed E-state index contributed by atoms with van der Waals surface area (Å²) in [5, 5.41) is 3.79. The van der Waals surface area contributed by atoms with Gasteiger partial charge in [0.2, 0.25) is 10.0 Å². The number of benzene rings is 2. The van der Waals surface area contributed by atoms with E-state index >= 15 is 0 Å². The van der Waals surface area contributed by atoms with Crippen LogP contribution in [0.4, 0.5) is 5.69 Å². The molecule has 0 bridgehead atoms. The average Bonchev–Trinajstić information content (AvgIpc) is 2.74. The van der Waals surface area contributed by atoms with Crippen molar-refractivity contribution in [3.63, 3.8) is 0 Å². The zero-order valence-electron chi connectivity index (χ0n) is 16.5. The highest BCUT2D eigenvalue weighted by Crippen LogP contribution is 2.29. The molecule has 6 nitrogen and oxygen atoms in total. The third-order valence-electron chi connectivity index (χ3n) is 5.28. The Morgan fingerprint density at radius 1 is 1.20 bits per heavy atom. The van der Waals surface area contributed by atoms with E-state index in [0.717, 1.165) is 23.7 Å². The van der Waals surface area contributed by atoms with Crippen LogP contribution in [0, 0.1) is 5.92 Å². The number of carbonyl (C=O) groups excluding carboxylic acids is 1. The number of halogens is 1. The van der Waals surface area contributed by atoms with E-state index in [4.69, 9.17) is 11.6 Å². The highest BCUT2D eigenvalue weighted by Gasteiger charge is 2.31. The average molecular weight is 444 g/mol. The molecule has 1 fully saturated rings. The van der Waals surface area contributed by atoms with Crippen molar-refractivity contribution in [1.29, 1.82) is 0 Å². The fourth-order valence-corrected chi connectivity index (χ4v) is 5.79. The Bertz CT molecular complexity index is 1210. The van der Waals surface area contributed by atoms with Gasteiger partial charge in [-0.1, -0.05) is 36.7 Å². The van der Waals surface area contributed by atoms with Crippen molar-refractivity contribution in [3.05, 3.63) is 65.3 Å². The van der Waals surface area contributed by atoms with Crippen LogP contribution in [0.3, 0.4) is 0 Å². The molecule has 8 heteroatoms. The lowest BCUT2D eigenvalue weighted by Gasteiger charge is -2.30. The normalized spacial score (nSPS) is 17.7. The maximum atomic E-state index is 13.1. The SMILES string of the molecule is CC1CCCN(S(=O)(=O)c2cc(C(=O)Nc3cnc4ccccc4c3)ccc2Cl)C1. The minimum atomic E-state index is -3.77. The molecule has 2 heterocycles. The van der Waals surface area contributed by atoms with E-state index in [0.29, 0.717) is 24.7 Å². The summed E-state index contributed by atoms with van der Waals surface area (Å²) < 4.78 is 27.7. The fourth-order valence-electron chi connectivity index (χ4n) is 3.69. The summed E-state index contributed by atoms with van der Waals surface area (Å²) in [6.07, 6.45) is 3.39. The summed E-state index contributed by atoms with van der Waals surface area (Å²) in [5.74, 6) is -0.133. The maximum Gasteiger partial charge on any atom is 0.255 e. The number of hydrogen-bond donors (Lipinski definition) is 1. The maximum absolute atomic E-state index is 13.1. The number of anilines is 1. The number of hydrogen-bond acceptors (Lipinski definition) is 4. The lowest BCUT2D eigenvalue weighted by atomic mass is 10.0. The lowest BCUT2D eigenvalue weighted by Crippen LogP contribution is -2.39. The van der Waals surface area contributed by atoms with Crippen molar-refractivity contribution >= 4 is 44.1 Å². The summed E-state index contributed by atoms with van der Waals surface area (Å²) in [4.78, 5) is 17.1. The summed E-state index contributed by atoms with van der Waals surface area (Å²) in [6.45, 7) is 2.95. The second-order valence-corrected chi connectivity index (χ2v) is 9.94. The zero-order chi connectivity index (χ0) is 21.3. The number of fused-ring (bicyclic) bond motifs is 1. The Morgan fingerprint density at radius 2 is 2.00 bits per heavy atom. The number of carbonyl (C=O) groups is 1. The van der Waals surface area contributed by atoms with Gasteiger partial charge < -0.3 is 5.32 Å². The second-order valence-electron chi connectivity index (χ2n) is 7.63. The van der Waals surface area contributed by atoms with Gasteiger partial charge >= 0.3 is 0 Å². The van der Waals surface area contributed by atoms with Crippen LogP contribution in [0.15, 0.2) is 59.6 Å². The van der Waals surface area contributed by atoms with Crippen molar-refractivity contribution in [2.24, 2.45) is 5.92 Å². The van der Waals surface area contributed by atoms with E-state index in [1.54, 1.807) is 6.20 Å². The largest absolute Gasteiger partial charge is 0.321 e. The molecule has 2 aromatic carbocycles. The van der Waals surface area contributed by atoms with Crippen LogP contribution in [0.25, 0.3) is 10.9 Å². The molecule has 1 saturated heterocycles. The number of nitrogens with one attached hydrogen (secondary N) is 1. The minimum Gasteiger partial charge on any atom is -0.321 e. The number of amides is 1. The Hall–Kier alpha value is -2.48. The molecule has 0 saturated carbocycles. The van der Waals surface area contributed by atoms with Crippen molar-refractivity contribution < 1.29 is 13.2 Å². The Labute approximate surface area is 180 Å². The molecule has 4 rings (SSSR count). The van der Waals surface area contributed by atoms with Crippen molar-refractivity contribution in [1.82, 2.24) is 9.29 Å². The van der Waals surface area contributed by atoms with Gasteiger partial charge in [-0.2, -0.15) is 4.31 Å². The van der Waals surface area contributed by atoms with Crippen LogP contribution in [0.1, 0.15) is 30.1 Å². The first-order chi connectivity index (χ1) is 14.3. The third-order valence-corrected chi connectivity index (χ3v) is 7.63. The van der Waals surface area contributed by atoms with Crippen molar-refractivity contribution in [2.75, 3.05) is 18.4 Å². The first-order valence-electron chi connectivity index (χ1n) is 9.80. The van der Waals surface area contributed by atoms with Crippen LogP contribution in [0.5, 0.6) is 0 Å². The smallest absolute Gasteiger partial charge is 0.255 e. The number of nitrogens with zero attached hydrogens (tertiary/aromatic N) is 2. The Kier molecular flexibility index (Phi) is 5.77. The molecule has 1 unspecified atom stereocenters. The van der Waals surface area contributed by atoms with E-state index in [-0.39, 0.29) is 15.5 Å². The van der Waals surface area contributed by atoms with Crippen LogP contribution in [-0.4, -0.2) is 36.7 Å². The zero-order valence-corrected chi connectivity index (χ0v) is 18.1. The summed E-state index contributed by atoms with van der Waals surface area (Å²) >= 11 is 6.22. The van der Waals surface area contributed by atoms with Crippen LogP contribution < -0.4 is 5.32 Å². The van der Waals surface area contributed by atoms with Crippen LogP contribution in [-0.2, 0) is 10.0 Å². The monoisotopic (exact) mass is 443 g/mol. The predicted octanol–water partition coefficient (Wildman–Crippen LogP) is 4.56. The minimum absolute atomic E-state index is 0.0393. The van der Waals surface area contributed by atoms with Crippen LogP contribution >= 0.6 is 11.6 Å². The number of piperidine rings is 1. The first-order valence-corrected chi connectivity index (χ1v) is 11.6. The molecule has 1 aliphatic rings. The van der Waals surface area contributed by atoms with Gasteiger partial charge in [-0.15, -0.1) is 0 Å². The van der Waals surface area contributed by atoms with E-state index in [9.17, 15) is 13.2 Å². The van der Waals surface area contributed by atoms with E-state index in [1.165, 1.54) is 22.5 Å². The molecule has 1 N–H and O–H groups in total. The fraction of sp³-hybridized carbons (Fsp3) is 0.273. The number of pyridine rings is 1. The predicted molar refractivity (Wildman–Crippen MR) is 118 cm³/mol. The van der Waals surface area contributed by atoms with Gasteiger partial charge in [-0.3, -0.25) is 9.78 Å². The molecule has 3 aromatic rings.